The van der Waals surface area contributed by atoms with Crippen LogP contribution in [0.4, 0.5) is 0 Å². The van der Waals surface area contributed by atoms with Crippen LogP contribution in [0.5, 0.6) is 5.75 Å². The molecule has 4 heteroatoms. The topological polar surface area (TPSA) is 52.6 Å². The molecule has 0 saturated heterocycles. The average Bonchev–Trinajstić information content (AvgIpc) is 2.64. The minimum absolute atomic E-state index is 0.0903. The van der Waals surface area contributed by atoms with Crippen molar-refractivity contribution in [1.82, 2.24) is 0 Å². The molecule has 130 valence electrons. The summed E-state index contributed by atoms with van der Waals surface area (Å²) in [6.07, 6.45) is 3.35. The lowest BCUT2D eigenvalue weighted by Gasteiger charge is -2.05. The van der Waals surface area contributed by atoms with Crippen LogP contribution >= 0.6 is 0 Å². The van der Waals surface area contributed by atoms with Crippen LogP contribution in [-0.2, 0) is 9.53 Å². The van der Waals surface area contributed by atoms with E-state index in [-0.39, 0.29) is 12.4 Å². The van der Waals surface area contributed by atoms with E-state index in [1.807, 2.05) is 12.1 Å². The van der Waals surface area contributed by atoms with Crippen molar-refractivity contribution >= 4 is 17.8 Å². The summed E-state index contributed by atoms with van der Waals surface area (Å²) in [4.78, 5) is 23.2. The molecule has 0 heterocycles. The third-order valence-corrected chi connectivity index (χ3v) is 3.75. The van der Waals surface area contributed by atoms with Crippen molar-refractivity contribution in [3.8, 4) is 5.75 Å². The van der Waals surface area contributed by atoms with Gasteiger partial charge in [-0.3, -0.25) is 4.79 Å². The van der Waals surface area contributed by atoms with E-state index in [1.54, 1.807) is 36.4 Å². The predicted molar refractivity (Wildman–Crippen MR) is 97.8 cm³/mol. The van der Waals surface area contributed by atoms with Crippen LogP contribution in [0.25, 0.3) is 6.08 Å². The van der Waals surface area contributed by atoms with Crippen LogP contribution in [0.1, 0.15) is 41.3 Å². The molecule has 0 aromatic heterocycles. The van der Waals surface area contributed by atoms with Crippen molar-refractivity contribution in [3.63, 3.8) is 0 Å². The molecule has 0 fully saturated rings. The molecule has 0 aliphatic rings. The fourth-order valence-electron chi connectivity index (χ4n) is 2.18. The van der Waals surface area contributed by atoms with E-state index in [4.69, 9.17) is 4.74 Å². The monoisotopic (exact) mass is 338 g/mol. The fraction of sp³-hybridized carbons (Fsp3) is 0.238. The third-order valence-electron chi connectivity index (χ3n) is 3.75. The maximum absolute atomic E-state index is 12.2. The van der Waals surface area contributed by atoms with Gasteiger partial charge < -0.3 is 9.47 Å². The molecular formula is C21H22O4. The predicted octanol–water partition coefficient (Wildman–Crippen LogP) is 4.26. The molecule has 2 aromatic carbocycles. The number of carbonyl (C=O) groups is 2. The van der Waals surface area contributed by atoms with Gasteiger partial charge in [0.15, 0.2) is 12.4 Å². The Morgan fingerprint density at radius 2 is 1.64 bits per heavy atom. The molecule has 0 bridgehead atoms. The molecule has 4 nitrogen and oxygen atoms in total. The minimum Gasteiger partial charge on any atom is -0.482 e. The lowest BCUT2D eigenvalue weighted by Crippen LogP contribution is -2.12. The molecule has 0 radical (unpaired) electrons. The number of carbonyl (C=O) groups excluding carboxylic acids is 2. The van der Waals surface area contributed by atoms with Gasteiger partial charge in [0.05, 0.1) is 7.11 Å². The Labute approximate surface area is 148 Å². The van der Waals surface area contributed by atoms with Crippen molar-refractivity contribution in [3.05, 3.63) is 71.3 Å². The highest BCUT2D eigenvalue weighted by molar-refractivity contribution is 6.06. The maximum Gasteiger partial charge on any atom is 0.343 e. The quantitative estimate of drug-likeness (QED) is 0.430. The second-order valence-electron chi connectivity index (χ2n) is 5.91. The molecule has 0 saturated carbocycles. The van der Waals surface area contributed by atoms with Gasteiger partial charge >= 0.3 is 5.97 Å². The second kappa shape index (κ2) is 8.83. The van der Waals surface area contributed by atoms with E-state index >= 15 is 0 Å². The summed E-state index contributed by atoms with van der Waals surface area (Å²) in [6.45, 7) is 4.13. The SMILES string of the molecule is COC(=O)COc1ccc(C(=O)/C=C/c2ccc(C(C)C)cc2)cc1. The third kappa shape index (κ3) is 5.60. The van der Waals surface area contributed by atoms with Crippen molar-refractivity contribution in [1.29, 1.82) is 0 Å². The number of rotatable bonds is 7. The Morgan fingerprint density at radius 3 is 2.20 bits per heavy atom. The van der Waals surface area contributed by atoms with Gasteiger partial charge in [-0.25, -0.2) is 4.79 Å². The highest BCUT2D eigenvalue weighted by Crippen LogP contribution is 2.16. The Balaban J connectivity index is 1.96. The summed E-state index contributed by atoms with van der Waals surface area (Å²) in [5.41, 5.74) is 2.81. The van der Waals surface area contributed by atoms with Crippen LogP contribution in [0.2, 0.25) is 0 Å². The molecule has 0 aliphatic heterocycles. The Bertz CT molecular complexity index is 740. The number of allylic oxidation sites excluding steroid dienone is 1. The summed E-state index contributed by atoms with van der Waals surface area (Å²) in [5.74, 6) is 0.453. The van der Waals surface area contributed by atoms with E-state index < -0.39 is 5.97 Å². The Kier molecular flexibility index (Phi) is 6.52. The number of ether oxygens (including phenoxy) is 2. The zero-order valence-electron chi connectivity index (χ0n) is 14.7. The van der Waals surface area contributed by atoms with Crippen molar-refractivity contribution < 1.29 is 19.1 Å². The summed E-state index contributed by atoms with van der Waals surface area (Å²) in [7, 11) is 1.30. The fourth-order valence-corrected chi connectivity index (χ4v) is 2.18. The number of benzene rings is 2. The largest absolute Gasteiger partial charge is 0.482 e. The number of hydrogen-bond acceptors (Lipinski definition) is 4. The summed E-state index contributed by atoms with van der Waals surface area (Å²) >= 11 is 0. The lowest BCUT2D eigenvalue weighted by atomic mass is 10.0. The molecule has 2 aromatic rings. The highest BCUT2D eigenvalue weighted by atomic mass is 16.6. The maximum atomic E-state index is 12.2. The molecule has 0 amide bonds. The molecule has 0 spiro atoms. The number of methoxy groups -OCH3 is 1. The van der Waals surface area contributed by atoms with Gasteiger partial charge in [0, 0.05) is 5.56 Å². The van der Waals surface area contributed by atoms with Gasteiger partial charge in [0.25, 0.3) is 0 Å². The smallest absolute Gasteiger partial charge is 0.343 e. The first-order valence-corrected chi connectivity index (χ1v) is 8.11. The molecule has 0 aliphatic carbocycles. The van der Waals surface area contributed by atoms with Gasteiger partial charge in [-0.1, -0.05) is 44.2 Å². The van der Waals surface area contributed by atoms with E-state index in [0.717, 1.165) is 5.56 Å². The van der Waals surface area contributed by atoms with E-state index in [2.05, 4.69) is 30.7 Å². The molecule has 2 rings (SSSR count). The Morgan fingerprint density at radius 1 is 1.00 bits per heavy atom. The van der Waals surface area contributed by atoms with Gasteiger partial charge in [-0.15, -0.1) is 0 Å². The first kappa shape index (κ1) is 18.5. The van der Waals surface area contributed by atoms with Gasteiger partial charge in [0.1, 0.15) is 5.75 Å². The van der Waals surface area contributed by atoms with E-state index in [0.29, 0.717) is 17.2 Å². The zero-order valence-corrected chi connectivity index (χ0v) is 14.7. The van der Waals surface area contributed by atoms with Crippen molar-refractivity contribution in [2.45, 2.75) is 19.8 Å². The second-order valence-corrected chi connectivity index (χ2v) is 5.91. The van der Waals surface area contributed by atoms with Gasteiger partial charge in [-0.2, -0.15) is 0 Å². The number of ketones is 1. The normalized spacial score (nSPS) is 10.9. The molecule has 25 heavy (non-hydrogen) atoms. The van der Waals surface area contributed by atoms with E-state index in [1.165, 1.54) is 12.7 Å². The first-order chi connectivity index (χ1) is 12.0. The van der Waals surface area contributed by atoms with Gasteiger partial charge in [0.2, 0.25) is 0 Å². The standard InChI is InChI=1S/C21H22O4/c1-15(2)17-7-4-16(5-8-17)6-13-20(22)18-9-11-19(12-10-18)25-14-21(23)24-3/h4-13,15H,14H2,1-3H3/b13-6+. The molecular weight excluding hydrogens is 316 g/mol. The van der Waals surface area contributed by atoms with Crippen LogP contribution in [0.15, 0.2) is 54.6 Å². The van der Waals surface area contributed by atoms with Gasteiger partial charge in [-0.05, 0) is 47.4 Å². The Hall–Kier alpha value is -2.88. The highest BCUT2D eigenvalue weighted by Gasteiger charge is 2.05. The molecule has 0 N–H and O–H groups in total. The molecule has 0 unspecified atom stereocenters. The first-order valence-electron chi connectivity index (χ1n) is 8.11. The number of esters is 1. The minimum atomic E-state index is -0.452. The van der Waals surface area contributed by atoms with Crippen molar-refractivity contribution in [2.75, 3.05) is 13.7 Å². The summed E-state index contributed by atoms with van der Waals surface area (Å²) < 4.78 is 9.75. The summed E-state index contributed by atoms with van der Waals surface area (Å²) in [6, 6.07) is 14.8. The summed E-state index contributed by atoms with van der Waals surface area (Å²) in [5, 5.41) is 0. The molecule has 0 atom stereocenters. The average molecular weight is 338 g/mol. The van der Waals surface area contributed by atoms with Crippen LogP contribution in [0.3, 0.4) is 0 Å². The van der Waals surface area contributed by atoms with Crippen LogP contribution in [-0.4, -0.2) is 25.5 Å². The zero-order chi connectivity index (χ0) is 18.2. The van der Waals surface area contributed by atoms with Crippen molar-refractivity contribution in [2.24, 2.45) is 0 Å². The van der Waals surface area contributed by atoms with Crippen LogP contribution < -0.4 is 4.74 Å². The van der Waals surface area contributed by atoms with Crippen LogP contribution in [0, 0.1) is 0 Å². The lowest BCUT2D eigenvalue weighted by molar-refractivity contribution is -0.142. The number of hydrogen-bond donors (Lipinski definition) is 0. The van der Waals surface area contributed by atoms with E-state index in [9.17, 15) is 9.59 Å².